The van der Waals surface area contributed by atoms with Gasteiger partial charge in [0.2, 0.25) is 11.8 Å². The molecule has 0 saturated heterocycles. The molecule has 0 unspecified atom stereocenters. The van der Waals surface area contributed by atoms with E-state index in [1.165, 1.54) is 17.3 Å². The number of hydrogen-bond donors (Lipinski definition) is 0. The van der Waals surface area contributed by atoms with Crippen LogP contribution in [0.15, 0.2) is 58.1 Å². The number of ether oxygens (including phenoxy) is 1. The van der Waals surface area contributed by atoms with E-state index in [0.717, 1.165) is 27.9 Å². The minimum atomic E-state index is 0.354. The summed E-state index contributed by atoms with van der Waals surface area (Å²) >= 11 is 1.49. The molecule has 4 rings (SSSR count). The fourth-order valence-electron chi connectivity index (χ4n) is 2.84. The molecule has 0 aliphatic carbocycles. The highest BCUT2D eigenvalue weighted by molar-refractivity contribution is 7.98. The highest BCUT2D eigenvalue weighted by Crippen LogP contribution is 2.24. The summed E-state index contributed by atoms with van der Waals surface area (Å²) in [5.41, 5.74) is 3.22. The molecule has 0 amide bonds. The zero-order chi connectivity index (χ0) is 20.2. The molecule has 2 heterocycles. The Balaban J connectivity index is 1.37. The van der Waals surface area contributed by atoms with Gasteiger partial charge in [-0.2, -0.15) is 0 Å². The zero-order valence-electron chi connectivity index (χ0n) is 16.5. The van der Waals surface area contributed by atoms with Crippen molar-refractivity contribution >= 4 is 11.8 Å². The quantitative estimate of drug-likeness (QED) is 0.421. The molecule has 2 aromatic carbocycles. The molecular weight excluding hydrogens is 386 g/mol. The van der Waals surface area contributed by atoms with Crippen LogP contribution in [0.3, 0.4) is 0 Å². The second-order valence-electron chi connectivity index (χ2n) is 6.67. The molecule has 0 spiro atoms. The highest BCUT2D eigenvalue weighted by Gasteiger charge is 2.14. The molecule has 0 fully saturated rings. The van der Waals surface area contributed by atoms with E-state index in [-0.39, 0.29) is 0 Å². The third-order valence-corrected chi connectivity index (χ3v) is 5.43. The zero-order valence-corrected chi connectivity index (χ0v) is 17.3. The van der Waals surface area contributed by atoms with Crippen LogP contribution < -0.4 is 4.74 Å². The predicted octanol–water partition coefficient (Wildman–Crippen LogP) is 4.35. The van der Waals surface area contributed by atoms with E-state index < -0.39 is 0 Å². The molecular formula is C21H21N5O2S. The number of nitrogens with zero attached hydrogens (tertiary/aromatic N) is 5. The Kier molecular flexibility index (Phi) is 5.62. The summed E-state index contributed by atoms with van der Waals surface area (Å²) in [6.45, 7) is 4.45. The Morgan fingerprint density at radius 1 is 1.00 bits per heavy atom. The van der Waals surface area contributed by atoms with Crippen molar-refractivity contribution in [3.8, 4) is 17.2 Å². The van der Waals surface area contributed by atoms with Crippen LogP contribution in [0.2, 0.25) is 0 Å². The van der Waals surface area contributed by atoms with Crippen LogP contribution in [0.5, 0.6) is 5.75 Å². The van der Waals surface area contributed by atoms with Crippen molar-refractivity contribution in [3.05, 3.63) is 71.4 Å². The standard InChI is InChI=1S/C21H21N5O2S/c1-14-9-10-17(15(2)11-14)27-12-18-22-25-21(26(18)3)29-13-19-23-24-20(28-19)16-7-5-4-6-8-16/h4-11H,12-13H2,1-3H3. The first kappa shape index (κ1) is 19.2. The number of aromatic nitrogens is 5. The van der Waals surface area contributed by atoms with Crippen molar-refractivity contribution in [2.75, 3.05) is 0 Å². The van der Waals surface area contributed by atoms with Crippen LogP contribution in [0, 0.1) is 13.8 Å². The largest absolute Gasteiger partial charge is 0.485 e. The SMILES string of the molecule is Cc1ccc(OCc2nnc(SCc3nnc(-c4ccccc4)o3)n2C)c(C)c1. The molecule has 0 N–H and O–H groups in total. The van der Waals surface area contributed by atoms with Gasteiger partial charge >= 0.3 is 0 Å². The average Bonchev–Trinajstić information content (AvgIpc) is 3.33. The van der Waals surface area contributed by atoms with Crippen LogP contribution in [0.1, 0.15) is 22.8 Å². The Morgan fingerprint density at radius 3 is 2.62 bits per heavy atom. The number of hydrogen-bond acceptors (Lipinski definition) is 7. The molecule has 2 aromatic heterocycles. The van der Waals surface area contributed by atoms with E-state index in [1.54, 1.807) is 0 Å². The molecule has 0 aliphatic rings. The van der Waals surface area contributed by atoms with Crippen molar-refractivity contribution in [3.63, 3.8) is 0 Å². The highest BCUT2D eigenvalue weighted by atomic mass is 32.2. The predicted molar refractivity (Wildman–Crippen MR) is 111 cm³/mol. The molecule has 0 atom stereocenters. The average molecular weight is 407 g/mol. The van der Waals surface area contributed by atoms with E-state index >= 15 is 0 Å². The number of thioether (sulfide) groups is 1. The first-order valence-electron chi connectivity index (χ1n) is 9.19. The van der Waals surface area contributed by atoms with Gasteiger partial charge in [-0.3, -0.25) is 0 Å². The van der Waals surface area contributed by atoms with E-state index in [4.69, 9.17) is 9.15 Å². The minimum Gasteiger partial charge on any atom is -0.485 e. The van der Waals surface area contributed by atoms with Gasteiger partial charge in [-0.15, -0.1) is 20.4 Å². The smallest absolute Gasteiger partial charge is 0.247 e. The second-order valence-corrected chi connectivity index (χ2v) is 7.61. The number of aryl methyl sites for hydroxylation is 2. The molecule has 0 radical (unpaired) electrons. The van der Waals surface area contributed by atoms with Gasteiger partial charge < -0.3 is 13.7 Å². The van der Waals surface area contributed by atoms with Crippen molar-refractivity contribution < 1.29 is 9.15 Å². The van der Waals surface area contributed by atoms with Gasteiger partial charge in [0.05, 0.1) is 5.75 Å². The fourth-order valence-corrected chi connectivity index (χ4v) is 3.60. The molecule has 148 valence electrons. The van der Waals surface area contributed by atoms with E-state index in [2.05, 4.69) is 33.4 Å². The molecule has 0 aliphatic heterocycles. The van der Waals surface area contributed by atoms with E-state index in [0.29, 0.717) is 24.1 Å². The summed E-state index contributed by atoms with van der Waals surface area (Å²) < 4.78 is 13.6. The summed E-state index contributed by atoms with van der Waals surface area (Å²) in [6.07, 6.45) is 0. The lowest BCUT2D eigenvalue weighted by atomic mass is 10.1. The first-order valence-corrected chi connectivity index (χ1v) is 10.2. The monoisotopic (exact) mass is 407 g/mol. The topological polar surface area (TPSA) is 78.9 Å². The summed E-state index contributed by atoms with van der Waals surface area (Å²) in [7, 11) is 1.92. The van der Waals surface area contributed by atoms with Gasteiger partial charge in [0.15, 0.2) is 11.0 Å². The van der Waals surface area contributed by atoms with Gasteiger partial charge in [-0.1, -0.05) is 47.7 Å². The third-order valence-electron chi connectivity index (χ3n) is 4.42. The van der Waals surface area contributed by atoms with Crippen LogP contribution in [-0.2, 0) is 19.4 Å². The Morgan fingerprint density at radius 2 is 1.83 bits per heavy atom. The fraction of sp³-hybridized carbons (Fsp3) is 0.238. The van der Waals surface area contributed by atoms with Crippen molar-refractivity contribution in [1.29, 1.82) is 0 Å². The van der Waals surface area contributed by atoms with Crippen molar-refractivity contribution in [1.82, 2.24) is 25.0 Å². The van der Waals surface area contributed by atoms with Crippen LogP contribution in [-0.4, -0.2) is 25.0 Å². The maximum Gasteiger partial charge on any atom is 0.247 e. The number of rotatable bonds is 7. The van der Waals surface area contributed by atoms with Crippen LogP contribution in [0.25, 0.3) is 11.5 Å². The second kappa shape index (κ2) is 8.48. The molecule has 29 heavy (non-hydrogen) atoms. The molecule has 8 heteroatoms. The van der Waals surface area contributed by atoms with Gasteiger partial charge in [0, 0.05) is 12.6 Å². The Hall–Kier alpha value is -3.13. The summed E-state index contributed by atoms with van der Waals surface area (Å²) in [5, 5.41) is 17.5. The van der Waals surface area contributed by atoms with E-state index in [1.807, 2.05) is 61.0 Å². The van der Waals surface area contributed by atoms with Crippen LogP contribution >= 0.6 is 11.8 Å². The summed E-state index contributed by atoms with van der Waals surface area (Å²) in [5.74, 6) is 3.19. The van der Waals surface area contributed by atoms with Gasteiger partial charge in [0.1, 0.15) is 12.4 Å². The lowest BCUT2D eigenvalue weighted by Gasteiger charge is -2.09. The molecule has 7 nitrogen and oxygen atoms in total. The maximum absolute atomic E-state index is 5.91. The summed E-state index contributed by atoms with van der Waals surface area (Å²) in [6, 6.07) is 15.8. The maximum atomic E-state index is 5.91. The lowest BCUT2D eigenvalue weighted by Crippen LogP contribution is -2.05. The molecule has 0 bridgehead atoms. The van der Waals surface area contributed by atoms with Gasteiger partial charge in [-0.05, 0) is 37.6 Å². The lowest BCUT2D eigenvalue weighted by molar-refractivity contribution is 0.288. The Bertz CT molecular complexity index is 1110. The normalized spacial score (nSPS) is 11.0. The molecule has 4 aromatic rings. The van der Waals surface area contributed by atoms with Crippen molar-refractivity contribution in [2.24, 2.45) is 7.05 Å². The summed E-state index contributed by atoms with van der Waals surface area (Å²) in [4.78, 5) is 0. The number of benzene rings is 2. The first-order chi connectivity index (χ1) is 14.1. The minimum absolute atomic E-state index is 0.354. The molecule has 0 saturated carbocycles. The Labute approximate surface area is 173 Å². The van der Waals surface area contributed by atoms with E-state index in [9.17, 15) is 0 Å². The third kappa shape index (κ3) is 4.48. The van der Waals surface area contributed by atoms with Crippen LogP contribution in [0.4, 0.5) is 0 Å². The van der Waals surface area contributed by atoms with Gasteiger partial charge in [-0.25, -0.2) is 0 Å². The van der Waals surface area contributed by atoms with Crippen molar-refractivity contribution in [2.45, 2.75) is 31.4 Å². The van der Waals surface area contributed by atoms with Gasteiger partial charge in [0.25, 0.3) is 0 Å².